The molecule has 2 amide bonds. The number of anilines is 1. The van der Waals surface area contributed by atoms with E-state index in [0.717, 1.165) is 16.8 Å². The van der Waals surface area contributed by atoms with Gasteiger partial charge < -0.3 is 10.2 Å². The second kappa shape index (κ2) is 7.91. The quantitative estimate of drug-likeness (QED) is 0.676. The summed E-state index contributed by atoms with van der Waals surface area (Å²) < 4.78 is 1.77. The highest BCUT2D eigenvalue weighted by Gasteiger charge is 2.50. The molecule has 1 aromatic heterocycles. The van der Waals surface area contributed by atoms with Crippen LogP contribution in [-0.2, 0) is 28.0 Å². The lowest BCUT2D eigenvalue weighted by atomic mass is 9.73. The molecule has 1 aliphatic rings. The molecule has 2 aromatic carbocycles. The molecule has 0 spiro atoms. The minimum atomic E-state index is -0.900. The minimum Gasteiger partial charge on any atom is -0.354 e. The van der Waals surface area contributed by atoms with Gasteiger partial charge in [-0.25, -0.2) is 0 Å². The number of carbonyl (C=O) groups excluding carboxylic acids is 2. The number of para-hydroxylation sites is 1. The third-order valence-corrected chi connectivity index (χ3v) is 5.53. The monoisotopic (exact) mass is 388 g/mol. The van der Waals surface area contributed by atoms with Crippen LogP contribution in [0.3, 0.4) is 0 Å². The summed E-state index contributed by atoms with van der Waals surface area (Å²) in [5.74, 6) is -0.170. The van der Waals surface area contributed by atoms with Crippen LogP contribution < -0.4 is 10.2 Å². The van der Waals surface area contributed by atoms with E-state index in [-0.39, 0.29) is 18.2 Å². The number of likely N-dealkylation sites (N-methyl/N-ethyl adjacent to an activating group) is 1. The molecule has 0 saturated carbocycles. The van der Waals surface area contributed by atoms with Crippen molar-refractivity contribution < 1.29 is 9.59 Å². The average Bonchev–Trinajstić information content (AvgIpc) is 3.32. The Bertz CT molecular complexity index is 1000. The highest BCUT2D eigenvalue weighted by molar-refractivity contribution is 6.09. The van der Waals surface area contributed by atoms with Gasteiger partial charge in [-0.15, -0.1) is 0 Å². The second-order valence-electron chi connectivity index (χ2n) is 7.42. The van der Waals surface area contributed by atoms with Gasteiger partial charge in [0.2, 0.25) is 11.8 Å². The van der Waals surface area contributed by atoms with Crippen LogP contribution >= 0.6 is 0 Å². The number of benzene rings is 2. The lowest BCUT2D eigenvalue weighted by Crippen LogP contribution is -2.44. The van der Waals surface area contributed by atoms with Crippen LogP contribution in [0.4, 0.5) is 5.69 Å². The van der Waals surface area contributed by atoms with Gasteiger partial charge in [0.1, 0.15) is 0 Å². The first-order chi connectivity index (χ1) is 14.1. The summed E-state index contributed by atoms with van der Waals surface area (Å²) in [5.41, 5.74) is 1.93. The zero-order valence-corrected chi connectivity index (χ0v) is 16.4. The Morgan fingerprint density at radius 1 is 1.07 bits per heavy atom. The highest BCUT2D eigenvalue weighted by atomic mass is 16.2. The fourth-order valence-electron chi connectivity index (χ4n) is 4.14. The van der Waals surface area contributed by atoms with E-state index < -0.39 is 5.41 Å². The molecule has 0 bridgehead atoms. The van der Waals surface area contributed by atoms with E-state index in [1.807, 2.05) is 66.9 Å². The third kappa shape index (κ3) is 3.66. The normalized spacial score (nSPS) is 18.0. The molecule has 1 atom stereocenters. The van der Waals surface area contributed by atoms with Crippen molar-refractivity contribution in [3.8, 4) is 0 Å². The van der Waals surface area contributed by atoms with Crippen LogP contribution in [0.1, 0.15) is 17.5 Å². The molecule has 1 aliphatic heterocycles. The van der Waals surface area contributed by atoms with Gasteiger partial charge in [-0.05, 0) is 29.7 Å². The van der Waals surface area contributed by atoms with Crippen molar-refractivity contribution in [1.29, 1.82) is 0 Å². The van der Waals surface area contributed by atoms with Crippen molar-refractivity contribution in [2.24, 2.45) is 0 Å². The Morgan fingerprint density at radius 3 is 2.59 bits per heavy atom. The number of nitrogens with one attached hydrogen (secondary N) is 1. The third-order valence-electron chi connectivity index (χ3n) is 5.53. The number of carbonyl (C=O) groups is 2. The molecule has 1 N–H and O–H groups in total. The Morgan fingerprint density at radius 2 is 1.83 bits per heavy atom. The number of amides is 2. The van der Waals surface area contributed by atoms with Gasteiger partial charge in [0.15, 0.2) is 0 Å². The van der Waals surface area contributed by atoms with E-state index in [1.54, 1.807) is 22.8 Å². The highest BCUT2D eigenvalue weighted by Crippen LogP contribution is 2.45. The zero-order chi connectivity index (χ0) is 20.3. The fraction of sp³-hybridized carbons (Fsp3) is 0.261. The van der Waals surface area contributed by atoms with E-state index in [1.165, 1.54) is 0 Å². The lowest BCUT2D eigenvalue weighted by molar-refractivity contribution is -0.129. The van der Waals surface area contributed by atoms with Gasteiger partial charge in [0.25, 0.3) is 0 Å². The average molecular weight is 388 g/mol. The Balaban J connectivity index is 1.59. The molecule has 0 radical (unpaired) electrons. The van der Waals surface area contributed by atoms with Crippen LogP contribution in [0.25, 0.3) is 0 Å². The van der Waals surface area contributed by atoms with Crippen molar-refractivity contribution in [1.82, 2.24) is 15.1 Å². The summed E-state index contributed by atoms with van der Waals surface area (Å²) in [6.07, 6.45) is 4.16. The molecule has 29 heavy (non-hydrogen) atoms. The number of rotatable bonds is 7. The van der Waals surface area contributed by atoms with E-state index >= 15 is 0 Å². The Kier molecular flexibility index (Phi) is 5.16. The van der Waals surface area contributed by atoms with Gasteiger partial charge in [-0.2, -0.15) is 5.10 Å². The number of nitrogens with zero attached hydrogens (tertiary/aromatic N) is 3. The van der Waals surface area contributed by atoms with Gasteiger partial charge in [0.05, 0.1) is 12.0 Å². The fourth-order valence-corrected chi connectivity index (χ4v) is 4.14. The summed E-state index contributed by atoms with van der Waals surface area (Å²) in [7, 11) is 1.78. The standard InChI is InChI=1S/C23H24N4O2/c1-26-20-11-6-5-10-19(20)23(22(26)29,16-18-8-3-2-4-9-18)17-21(28)24-13-15-27-14-7-12-25-27/h2-12,14H,13,15-17H2,1H3,(H,24,28). The van der Waals surface area contributed by atoms with E-state index in [2.05, 4.69) is 10.4 Å². The number of hydrogen-bond donors (Lipinski definition) is 1. The molecule has 0 saturated heterocycles. The number of hydrogen-bond acceptors (Lipinski definition) is 3. The van der Waals surface area contributed by atoms with Crippen molar-refractivity contribution in [2.75, 3.05) is 18.5 Å². The maximum Gasteiger partial charge on any atom is 0.238 e. The summed E-state index contributed by atoms with van der Waals surface area (Å²) in [4.78, 5) is 28.0. The van der Waals surface area contributed by atoms with E-state index in [4.69, 9.17) is 0 Å². The van der Waals surface area contributed by atoms with Crippen LogP contribution in [0.15, 0.2) is 73.1 Å². The molecule has 6 heteroatoms. The zero-order valence-electron chi connectivity index (χ0n) is 16.4. The smallest absolute Gasteiger partial charge is 0.238 e. The van der Waals surface area contributed by atoms with Crippen LogP contribution in [-0.4, -0.2) is 35.2 Å². The summed E-state index contributed by atoms with van der Waals surface area (Å²) in [6.45, 7) is 1.06. The SMILES string of the molecule is CN1C(=O)C(CC(=O)NCCn2cccn2)(Cc2ccccc2)c2ccccc21. The molecular formula is C23H24N4O2. The molecule has 6 nitrogen and oxygen atoms in total. The van der Waals surface area contributed by atoms with Crippen molar-refractivity contribution in [3.05, 3.63) is 84.2 Å². The molecule has 0 fully saturated rings. The van der Waals surface area contributed by atoms with Crippen molar-refractivity contribution >= 4 is 17.5 Å². The van der Waals surface area contributed by atoms with Gasteiger partial charge >= 0.3 is 0 Å². The Labute approximate surface area is 170 Å². The molecule has 4 rings (SSSR count). The Hall–Kier alpha value is -3.41. The second-order valence-corrected chi connectivity index (χ2v) is 7.42. The van der Waals surface area contributed by atoms with Gasteiger partial charge in [0, 0.05) is 38.1 Å². The molecule has 3 aromatic rings. The maximum absolute atomic E-state index is 13.4. The maximum atomic E-state index is 13.4. The minimum absolute atomic E-state index is 0.0372. The first kappa shape index (κ1) is 18.9. The first-order valence-electron chi connectivity index (χ1n) is 9.76. The molecule has 0 aliphatic carbocycles. The topological polar surface area (TPSA) is 67.2 Å². The van der Waals surface area contributed by atoms with Gasteiger partial charge in [-0.3, -0.25) is 14.3 Å². The largest absolute Gasteiger partial charge is 0.354 e. The summed E-state index contributed by atoms with van der Waals surface area (Å²) >= 11 is 0. The van der Waals surface area contributed by atoms with Crippen LogP contribution in [0, 0.1) is 0 Å². The number of aromatic nitrogens is 2. The molecule has 2 heterocycles. The van der Waals surface area contributed by atoms with E-state index in [0.29, 0.717) is 19.5 Å². The molecule has 148 valence electrons. The predicted molar refractivity (Wildman–Crippen MR) is 112 cm³/mol. The summed E-state index contributed by atoms with van der Waals surface area (Å²) in [6, 6.07) is 19.5. The van der Waals surface area contributed by atoms with E-state index in [9.17, 15) is 9.59 Å². The van der Waals surface area contributed by atoms with Crippen molar-refractivity contribution in [3.63, 3.8) is 0 Å². The van der Waals surface area contributed by atoms with Crippen LogP contribution in [0.5, 0.6) is 0 Å². The van der Waals surface area contributed by atoms with Gasteiger partial charge in [-0.1, -0.05) is 48.5 Å². The lowest BCUT2D eigenvalue weighted by Gasteiger charge is -2.28. The molecule has 1 unspecified atom stereocenters. The summed E-state index contributed by atoms with van der Waals surface area (Å²) in [5, 5.41) is 7.10. The predicted octanol–water partition coefficient (Wildman–Crippen LogP) is 2.55. The number of fused-ring (bicyclic) bond motifs is 1. The first-order valence-corrected chi connectivity index (χ1v) is 9.76. The van der Waals surface area contributed by atoms with Crippen molar-refractivity contribution in [2.45, 2.75) is 24.8 Å². The molecular weight excluding hydrogens is 364 g/mol. The van der Waals surface area contributed by atoms with Crippen LogP contribution in [0.2, 0.25) is 0 Å².